The number of aromatic nitrogens is 3. The van der Waals surface area contributed by atoms with Crippen molar-refractivity contribution in [1.29, 1.82) is 0 Å². The minimum atomic E-state index is -0.556. The van der Waals surface area contributed by atoms with Gasteiger partial charge in [-0.05, 0) is 43.0 Å². The van der Waals surface area contributed by atoms with E-state index in [0.717, 1.165) is 18.4 Å². The van der Waals surface area contributed by atoms with E-state index in [4.69, 9.17) is 11.6 Å². The molecule has 1 aliphatic carbocycles. The van der Waals surface area contributed by atoms with Gasteiger partial charge in [-0.2, -0.15) is 0 Å². The van der Waals surface area contributed by atoms with Crippen LogP contribution in [-0.4, -0.2) is 38.1 Å². The summed E-state index contributed by atoms with van der Waals surface area (Å²) in [4.78, 5) is 25.8. The van der Waals surface area contributed by atoms with E-state index in [0.29, 0.717) is 22.1 Å². The van der Waals surface area contributed by atoms with Crippen LogP contribution in [0.2, 0.25) is 5.02 Å². The first-order valence-electron chi connectivity index (χ1n) is 10.3. The number of hydrogen-bond acceptors (Lipinski definition) is 6. The Balaban J connectivity index is 1.71. The van der Waals surface area contributed by atoms with Crippen molar-refractivity contribution in [2.45, 2.75) is 38.1 Å². The SMILES string of the molecule is CC(C)c1cnc(-c2cc(Cl)ccc2F)nc1Nc1ccncc1C(=O)NC1(CO)CC1. The molecule has 0 bridgehead atoms. The van der Waals surface area contributed by atoms with Crippen LogP contribution < -0.4 is 10.6 Å². The van der Waals surface area contributed by atoms with Crippen LogP contribution in [0.25, 0.3) is 11.4 Å². The summed E-state index contributed by atoms with van der Waals surface area (Å²) < 4.78 is 14.4. The summed E-state index contributed by atoms with van der Waals surface area (Å²) in [5, 5.41) is 16.0. The molecule has 2 aromatic heterocycles. The molecular weight excluding hydrogens is 433 g/mol. The molecule has 1 fully saturated rings. The summed E-state index contributed by atoms with van der Waals surface area (Å²) in [5.74, 6) is -0.130. The van der Waals surface area contributed by atoms with Gasteiger partial charge in [0.1, 0.15) is 11.6 Å². The molecule has 1 amide bonds. The van der Waals surface area contributed by atoms with Crippen LogP contribution in [0, 0.1) is 5.82 Å². The summed E-state index contributed by atoms with van der Waals surface area (Å²) in [6, 6.07) is 5.87. The van der Waals surface area contributed by atoms with E-state index < -0.39 is 11.4 Å². The van der Waals surface area contributed by atoms with Gasteiger partial charge in [-0.25, -0.2) is 14.4 Å². The maximum absolute atomic E-state index is 14.4. The number of anilines is 2. The highest BCUT2D eigenvalue weighted by Gasteiger charge is 2.43. The Morgan fingerprint density at radius 2 is 2.06 bits per heavy atom. The quantitative estimate of drug-likeness (QED) is 0.486. The zero-order valence-electron chi connectivity index (χ0n) is 17.7. The largest absolute Gasteiger partial charge is 0.394 e. The molecule has 4 rings (SSSR count). The van der Waals surface area contributed by atoms with Crippen LogP contribution in [-0.2, 0) is 0 Å². The van der Waals surface area contributed by atoms with Gasteiger partial charge in [0.05, 0.1) is 29.0 Å². The van der Waals surface area contributed by atoms with E-state index in [9.17, 15) is 14.3 Å². The lowest BCUT2D eigenvalue weighted by Gasteiger charge is -2.18. The summed E-state index contributed by atoms with van der Waals surface area (Å²) in [6.07, 6.45) is 6.12. The maximum Gasteiger partial charge on any atom is 0.255 e. The van der Waals surface area contributed by atoms with Crippen LogP contribution in [0.1, 0.15) is 48.5 Å². The maximum atomic E-state index is 14.4. The van der Waals surface area contributed by atoms with Crippen LogP contribution >= 0.6 is 11.6 Å². The number of aliphatic hydroxyl groups is 1. The monoisotopic (exact) mass is 455 g/mol. The predicted molar refractivity (Wildman–Crippen MR) is 121 cm³/mol. The molecule has 7 nitrogen and oxygen atoms in total. The first-order valence-corrected chi connectivity index (χ1v) is 10.7. The molecule has 1 saturated carbocycles. The fraction of sp³-hybridized carbons (Fsp3) is 0.304. The van der Waals surface area contributed by atoms with Gasteiger partial charge >= 0.3 is 0 Å². The molecule has 0 saturated heterocycles. The highest BCUT2D eigenvalue weighted by molar-refractivity contribution is 6.30. The van der Waals surface area contributed by atoms with Gasteiger partial charge in [0, 0.05) is 29.2 Å². The molecule has 0 radical (unpaired) electrons. The number of rotatable bonds is 7. The number of hydrogen-bond donors (Lipinski definition) is 3. The lowest BCUT2D eigenvalue weighted by molar-refractivity contribution is 0.0907. The van der Waals surface area contributed by atoms with Gasteiger partial charge in [-0.15, -0.1) is 0 Å². The van der Waals surface area contributed by atoms with Crippen LogP contribution in [0.15, 0.2) is 42.9 Å². The second kappa shape index (κ2) is 8.80. The van der Waals surface area contributed by atoms with Crippen LogP contribution in [0.4, 0.5) is 15.9 Å². The molecule has 1 aromatic carbocycles. The Labute approximate surface area is 190 Å². The number of carbonyl (C=O) groups is 1. The minimum Gasteiger partial charge on any atom is -0.394 e. The van der Waals surface area contributed by atoms with Crippen LogP contribution in [0.5, 0.6) is 0 Å². The van der Waals surface area contributed by atoms with Gasteiger partial charge in [0.25, 0.3) is 5.91 Å². The number of carbonyl (C=O) groups excluding carboxylic acids is 1. The normalized spacial score (nSPS) is 14.3. The Morgan fingerprint density at radius 1 is 1.28 bits per heavy atom. The van der Waals surface area contributed by atoms with E-state index in [1.807, 2.05) is 13.8 Å². The van der Waals surface area contributed by atoms with Crippen molar-refractivity contribution in [3.05, 3.63) is 64.8 Å². The first kappa shape index (κ1) is 22.1. The molecule has 32 heavy (non-hydrogen) atoms. The third-order valence-corrected chi connectivity index (χ3v) is 5.70. The molecule has 9 heteroatoms. The van der Waals surface area contributed by atoms with Crippen molar-refractivity contribution in [2.75, 3.05) is 11.9 Å². The number of aliphatic hydroxyl groups excluding tert-OH is 1. The van der Waals surface area contributed by atoms with E-state index in [-0.39, 0.29) is 29.8 Å². The number of benzene rings is 1. The highest BCUT2D eigenvalue weighted by Crippen LogP contribution is 2.35. The Kier molecular flexibility index (Phi) is 6.08. The molecule has 166 valence electrons. The third kappa shape index (κ3) is 4.56. The summed E-state index contributed by atoms with van der Waals surface area (Å²) >= 11 is 6.04. The van der Waals surface area contributed by atoms with Crippen molar-refractivity contribution in [3.8, 4) is 11.4 Å². The van der Waals surface area contributed by atoms with Gasteiger partial charge < -0.3 is 15.7 Å². The Bertz CT molecular complexity index is 1170. The zero-order valence-corrected chi connectivity index (χ0v) is 18.4. The minimum absolute atomic E-state index is 0.0685. The molecular formula is C23H23ClFN5O2. The van der Waals surface area contributed by atoms with Crippen molar-refractivity contribution in [1.82, 2.24) is 20.3 Å². The second-order valence-electron chi connectivity index (χ2n) is 8.22. The molecule has 0 unspecified atom stereocenters. The van der Waals surface area contributed by atoms with Gasteiger partial charge in [0.15, 0.2) is 5.82 Å². The summed E-state index contributed by atoms with van der Waals surface area (Å²) in [7, 11) is 0. The Hall–Kier alpha value is -3.10. The Morgan fingerprint density at radius 3 is 2.75 bits per heavy atom. The third-order valence-electron chi connectivity index (χ3n) is 5.46. The fourth-order valence-electron chi connectivity index (χ4n) is 3.31. The van der Waals surface area contributed by atoms with Crippen molar-refractivity contribution < 1.29 is 14.3 Å². The standard InChI is InChI=1S/C23H23ClFN5O2/c1-13(2)16-11-27-20(15-9-14(24)3-4-18(15)25)29-21(16)28-19-5-8-26-10-17(19)22(32)30-23(12-31)6-7-23/h3-5,8-11,13,31H,6-7,12H2,1-2H3,(H,30,32)(H,26,27,28,29). The van der Waals surface area contributed by atoms with Gasteiger partial charge in [0.2, 0.25) is 0 Å². The first-order chi connectivity index (χ1) is 15.3. The number of amides is 1. The van der Waals surface area contributed by atoms with Crippen molar-refractivity contribution in [2.24, 2.45) is 0 Å². The molecule has 0 spiro atoms. The number of halogens is 2. The molecule has 3 aromatic rings. The average Bonchev–Trinajstić information content (AvgIpc) is 3.55. The lowest BCUT2D eigenvalue weighted by atomic mass is 10.1. The summed E-state index contributed by atoms with van der Waals surface area (Å²) in [5.41, 5.74) is 1.23. The topological polar surface area (TPSA) is 100 Å². The number of pyridine rings is 1. The van der Waals surface area contributed by atoms with Crippen molar-refractivity contribution >= 4 is 29.0 Å². The lowest BCUT2D eigenvalue weighted by Crippen LogP contribution is -2.39. The zero-order chi connectivity index (χ0) is 22.9. The molecule has 2 heterocycles. The van der Waals surface area contributed by atoms with Crippen molar-refractivity contribution in [3.63, 3.8) is 0 Å². The number of nitrogens with one attached hydrogen (secondary N) is 2. The fourth-order valence-corrected chi connectivity index (χ4v) is 3.48. The van der Waals surface area contributed by atoms with E-state index >= 15 is 0 Å². The molecule has 0 aliphatic heterocycles. The van der Waals surface area contributed by atoms with Crippen LogP contribution in [0.3, 0.4) is 0 Å². The van der Waals surface area contributed by atoms with Gasteiger partial charge in [-0.3, -0.25) is 9.78 Å². The smallest absolute Gasteiger partial charge is 0.255 e. The van der Waals surface area contributed by atoms with E-state index in [2.05, 4.69) is 25.6 Å². The van der Waals surface area contributed by atoms with E-state index in [1.165, 1.54) is 24.4 Å². The molecule has 0 atom stereocenters. The van der Waals surface area contributed by atoms with Gasteiger partial charge in [-0.1, -0.05) is 25.4 Å². The summed E-state index contributed by atoms with van der Waals surface area (Å²) in [6.45, 7) is 3.86. The number of nitrogens with zero attached hydrogens (tertiary/aromatic N) is 3. The second-order valence-corrected chi connectivity index (χ2v) is 8.65. The molecule has 3 N–H and O–H groups in total. The van der Waals surface area contributed by atoms with E-state index in [1.54, 1.807) is 18.5 Å². The highest BCUT2D eigenvalue weighted by atomic mass is 35.5. The molecule has 1 aliphatic rings. The predicted octanol–water partition coefficient (Wildman–Crippen LogP) is 4.45. The average molecular weight is 456 g/mol.